The highest BCUT2D eigenvalue weighted by Crippen LogP contribution is 2.26. The lowest BCUT2D eigenvalue weighted by atomic mass is 9.97. The molecular formula is C22H27N3O5S. The van der Waals surface area contributed by atoms with Gasteiger partial charge in [-0.1, -0.05) is 24.3 Å². The van der Waals surface area contributed by atoms with E-state index in [0.29, 0.717) is 24.3 Å². The van der Waals surface area contributed by atoms with Gasteiger partial charge in [0.1, 0.15) is 0 Å². The van der Waals surface area contributed by atoms with E-state index in [-0.39, 0.29) is 22.3 Å². The lowest BCUT2D eigenvalue weighted by molar-refractivity contribution is -0.123. The summed E-state index contributed by atoms with van der Waals surface area (Å²) in [5.74, 6) is -1.10. The van der Waals surface area contributed by atoms with E-state index in [0.717, 1.165) is 24.9 Å². The molecule has 0 radical (unpaired) electrons. The van der Waals surface area contributed by atoms with E-state index in [1.165, 1.54) is 19.2 Å². The number of anilines is 1. The number of para-hydroxylation sites is 1. The van der Waals surface area contributed by atoms with Crippen molar-refractivity contribution >= 4 is 27.6 Å². The number of sulfonamides is 1. The number of aryl methyl sites for hydroxylation is 1. The van der Waals surface area contributed by atoms with Crippen LogP contribution in [0.2, 0.25) is 0 Å². The summed E-state index contributed by atoms with van der Waals surface area (Å²) < 4.78 is 33.6. The summed E-state index contributed by atoms with van der Waals surface area (Å²) in [5, 5.41) is 0. The average molecular weight is 446 g/mol. The van der Waals surface area contributed by atoms with E-state index in [1.54, 1.807) is 25.1 Å². The number of ether oxygens (including phenoxy) is 1. The van der Waals surface area contributed by atoms with E-state index in [9.17, 15) is 18.0 Å². The maximum atomic E-state index is 13.1. The van der Waals surface area contributed by atoms with Gasteiger partial charge in [0.15, 0.2) is 0 Å². The first kappa shape index (κ1) is 22.8. The van der Waals surface area contributed by atoms with Gasteiger partial charge in [-0.25, -0.2) is 13.2 Å². The number of piperidine rings is 1. The fourth-order valence-electron chi connectivity index (χ4n) is 3.76. The second-order valence-corrected chi connectivity index (χ2v) is 9.36. The minimum Gasteiger partial charge on any atom is -0.465 e. The Hall–Kier alpha value is -2.91. The van der Waals surface area contributed by atoms with Gasteiger partial charge in [-0.3, -0.25) is 14.4 Å². The zero-order valence-electron chi connectivity index (χ0n) is 17.6. The molecule has 3 rings (SSSR count). The number of hydrogen-bond donors (Lipinski definition) is 2. The lowest BCUT2D eigenvalue weighted by Gasteiger charge is -2.31. The number of hydrogen-bond acceptors (Lipinski definition) is 6. The fourth-order valence-corrected chi connectivity index (χ4v) is 5.14. The quantitative estimate of drug-likeness (QED) is 0.631. The molecular weight excluding hydrogens is 418 g/mol. The number of nitrogens with two attached hydrogens (primary N) is 1. The van der Waals surface area contributed by atoms with Crippen LogP contribution in [0.15, 0.2) is 47.4 Å². The van der Waals surface area contributed by atoms with Crippen LogP contribution in [-0.2, 0) is 26.1 Å². The van der Waals surface area contributed by atoms with Gasteiger partial charge in [0.05, 0.1) is 29.2 Å². The summed E-state index contributed by atoms with van der Waals surface area (Å²) in [6.07, 6.45) is 1.64. The number of carbonyl (C=O) groups excluding carboxylic acids is 2. The third kappa shape index (κ3) is 5.42. The monoisotopic (exact) mass is 445 g/mol. The molecule has 1 saturated heterocycles. The third-order valence-electron chi connectivity index (χ3n) is 5.46. The van der Waals surface area contributed by atoms with Crippen molar-refractivity contribution in [2.24, 2.45) is 11.7 Å². The van der Waals surface area contributed by atoms with Crippen LogP contribution in [0.4, 0.5) is 5.69 Å². The van der Waals surface area contributed by atoms with Crippen molar-refractivity contribution in [3.05, 3.63) is 59.2 Å². The Balaban J connectivity index is 1.85. The van der Waals surface area contributed by atoms with Crippen LogP contribution in [0.3, 0.4) is 0 Å². The summed E-state index contributed by atoms with van der Waals surface area (Å²) in [4.78, 5) is 25.5. The molecule has 1 aliphatic rings. The van der Waals surface area contributed by atoms with Crippen molar-refractivity contribution in [2.45, 2.75) is 31.2 Å². The second-order valence-electron chi connectivity index (χ2n) is 7.71. The number of nitrogens with zero attached hydrogens (tertiary/aromatic N) is 1. The number of methoxy groups -OCH3 is 1. The Morgan fingerprint density at radius 1 is 1.23 bits per heavy atom. The first-order chi connectivity index (χ1) is 14.7. The van der Waals surface area contributed by atoms with Gasteiger partial charge in [-0.15, -0.1) is 0 Å². The molecule has 2 aromatic rings. The van der Waals surface area contributed by atoms with Gasteiger partial charge >= 0.3 is 5.97 Å². The van der Waals surface area contributed by atoms with Crippen LogP contribution in [0.5, 0.6) is 0 Å². The number of rotatable bonds is 7. The van der Waals surface area contributed by atoms with Crippen LogP contribution in [-0.4, -0.2) is 45.4 Å². The van der Waals surface area contributed by atoms with E-state index in [4.69, 9.17) is 10.5 Å². The average Bonchev–Trinajstić information content (AvgIpc) is 2.74. The summed E-state index contributed by atoms with van der Waals surface area (Å²) in [7, 11) is -2.70. The fraction of sp³-hybridized carbons (Fsp3) is 0.364. The molecule has 9 heteroatoms. The Kier molecular flexibility index (Phi) is 6.97. The predicted octanol–water partition coefficient (Wildman–Crippen LogP) is 2.28. The standard InChI is InChI=1S/C22H27N3O5S/c1-15-9-10-16(22(27)30-2)12-20(15)31(28,29)24-19-8-4-3-6-17(19)13-25-11-5-7-18(14-25)21(23)26/h3-4,6,8-10,12,18,24H,5,7,11,13-14H2,1-2H3,(H2,23,26)/t18-/m1/s1. The van der Waals surface area contributed by atoms with Crippen LogP contribution in [0, 0.1) is 12.8 Å². The van der Waals surface area contributed by atoms with Crippen molar-refractivity contribution < 1.29 is 22.7 Å². The zero-order chi connectivity index (χ0) is 22.6. The third-order valence-corrected chi connectivity index (χ3v) is 6.97. The maximum Gasteiger partial charge on any atom is 0.337 e. The molecule has 2 aromatic carbocycles. The molecule has 3 N–H and O–H groups in total. The second kappa shape index (κ2) is 9.49. The number of nitrogens with one attached hydrogen (secondary N) is 1. The Morgan fingerprint density at radius 3 is 2.68 bits per heavy atom. The van der Waals surface area contributed by atoms with Crippen LogP contribution < -0.4 is 10.5 Å². The highest BCUT2D eigenvalue weighted by molar-refractivity contribution is 7.92. The number of benzene rings is 2. The molecule has 1 amide bonds. The molecule has 1 atom stereocenters. The molecule has 0 bridgehead atoms. The largest absolute Gasteiger partial charge is 0.465 e. The van der Waals surface area contributed by atoms with Gasteiger partial charge in [0.25, 0.3) is 10.0 Å². The molecule has 31 heavy (non-hydrogen) atoms. The van der Waals surface area contributed by atoms with Crippen molar-refractivity contribution in [2.75, 3.05) is 24.9 Å². The molecule has 0 aliphatic carbocycles. The van der Waals surface area contributed by atoms with Gasteiger partial charge in [0.2, 0.25) is 5.91 Å². The molecule has 0 unspecified atom stereocenters. The molecule has 0 spiro atoms. The van der Waals surface area contributed by atoms with Crippen LogP contribution in [0.1, 0.15) is 34.3 Å². The molecule has 0 saturated carbocycles. The highest BCUT2D eigenvalue weighted by Gasteiger charge is 2.25. The van der Waals surface area contributed by atoms with Crippen molar-refractivity contribution in [1.82, 2.24) is 4.90 Å². The topological polar surface area (TPSA) is 119 Å². The van der Waals surface area contributed by atoms with Crippen molar-refractivity contribution in [1.29, 1.82) is 0 Å². The summed E-state index contributed by atoms with van der Waals surface area (Å²) in [6, 6.07) is 11.6. The molecule has 1 fully saturated rings. The summed E-state index contributed by atoms with van der Waals surface area (Å²) in [5.41, 5.74) is 7.38. The number of amides is 1. The normalized spacial score (nSPS) is 17.2. The SMILES string of the molecule is COC(=O)c1ccc(C)c(S(=O)(=O)Nc2ccccc2CN2CCC[C@@H](C(N)=O)C2)c1. The zero-order valence-corrected chi connectivity index (χ0v) is 18.4. The minimum absolute atomic E-state index is 0.0111. The molecule has 166 valence electrons. The first-order valence-corrected chi connectivity index (χ1v) is 11.5. The van der Waals surface area contributed by atoms with E-state index in [2.05, 4.69) is 9.62 Å². The maximum absolute atomic E-state index is 13.1. The molecule has 1 aliphatic heterocycles. The molecule has 1 heterocycles. The smallest absolute Gasteiger partial charge is 0.337 e. The number of carbonyl (C=O) groups is 2. The highest BCUT2D eigenvalue weighted by atomic mass is 32.2. The van der Waals surface area contributed by atoms with E-state index in [1.807, 2.05) is 12.1 Å². The minimum atomic E-state index is -3.95. The lowest BCUT2D eigenvalue weighted by Crippen LogP contribution is -2.40. The van der Waals surface area contributed by atoms with Gasteiger partial charge in [0, 0.05) is 13.1 Å². The van der Waals surface area contributed by atoms with Crippen LogP contribution in [0.25, 0.3) is 0 Å². The first-order valence-electron chi connectivity index (χ1n) is 10.0. The number of primary amides is 1. The van der Waals surface area contributed by atoms with Gasteiger partial charge in [-0.05, 0) is 55.6 Å². The van der Waals surface area contributed by atoms with Crippen molar-refractivity contribution in [3.63, 3.8) is 0 Å². The Morgan fingerprint density at radius 2 is 1.97 bits per heavy atom. The number of likely N-dealkylation sites (tertiary alicyclic amines) is 1. The van der Waals surface area contributed by atoms with Crippen molar-refractivity contribution in [3.8, 4) is 0 Å². The van der Waals surface area contributed by atoms with Gasteiger partial charge in [-0.2, -0.15) is 0 Å². The van der Waals surface area contributed by atoms with Gasteiger partial charge < -0.3 is 10.5 Å². The molecule has 8 nitrogen and oxygen atoms in total. The van der Waals surface area contributed by atoms with E-state index < -0.39 is 16.0 Å². The summed E-state index contributed by atoms with van der Waals surface area (Å²) >= 11 is 0. The molecule has 0 aromatic heterocycles. The van der Waals surface area contributed by atoms with E-state index >= 15 is 0 Å². The Bertz CT molecular complexity index is 1080. The number of esters is 1. The Labute approximate surface area is 182 Å². The summed E-state index contributed by atoms with van der Waals surface area (Å²) in [6.45, 7) is 3.52. The predicted molar refractivity (Wildman–Crippen MR) is 117 cm³/mol. The van der Waals surface area contributed by atoms with Crippen LogP contribution >= 0.6 is 0 Å².